The molecule has 1 fully saturated rings. The van der Waals surface area contributed by atoms with Crippen molar-refractivity contribution in [1.82, 2.24) is 4.90 Å². The average Bonchev–Trinajstić information content (AvgIpc) is 2.91. The zero-order valence-electron chi connectivity index (χ0n) is 13.7. The summed E-state index contributed by atoms with van der Waals surface area (Å²) in [5.41, 5.74) is 0.107. The van der Waals surface area contributed by atoms with E-state index in [1.165, 1.54) is 11.0 Å². The first-order valence-corrected chi connectivity index (χ1v) is 9.91. The van der Waals surface area contributed by atoms with Crippen molar-refractivity contribution in [3.63, 3.8) is 0 Å². The minimum Gasteiger partial charge on any atom is -0.386 e. The van der Waals surface area contributed by atoms with E-state index < -0.39 is 58.8 Å². The summed E-state index contributed by atoms with van der Waals surface area (Å²) in [6.45, 7) is 0. The number of aliphatic hydroxyl groups excluding tert-OH is 1. The Labute approximate surface area is 147 Å². The number of halogens is 5. The highest BCUT2D eigenvalue weighted by atomic mass is 32.2. The van der Waals surface area contributed by atoms with Crippen LogP contribution in [-0.2, 0) is 9.84 Å². The number of fused-ring (bicyclic) bond motifs is 1. The van der Waals surface area contributed by atoms with Crippen LogP contribution in [0.15, 0.2) is 35.0 Å². The third-order valence-corrected chi connectivity index (χ3v) is 6.35. The third kappa shape index (κ3) is 3.17. The van der Waals surface area contributed by atoms with Gasteiger partial charge in [0.1, 0.15) is 12.3 Å². The fourth-order valence-electron chi connectivity index (χ4n) is 3.77. The van der Waals surface area contributed by atoms with Crippen molar-refractivity contribution < 1.29 is 35.5 Å². The molecular weight excluding hydrogens is 381 g/mol. The monoisotopic (exact) mass is 399 g/mol. The zero-order valence-corrected chi connectivity index (χ0v) is 14.5. The van der Waals surface area contributed by atoms with Gasteiger partial charge in [0.2, 0.25) is 6.43 Å². The SMILES string of the molecule is CS(=O)(=O)C1=CN(C2=CC(C(F)F)C(F)C=C2)C2CCC(F)(F)[C@@H](O)C12. The van der Waals surface area contributed by atoms with E-state index in [9.17, 15) is 35.5 Å². The van der Waals surface area contributed by atoms with Crippen molar-refractivity contribution in [2.75, 3.05) is 6.26 Å². The molecule has 0 saturated heterocycles. The quantitative estimate of drug-likeness (QED) is 0.742. The highest BCUT2D eigenvalue weighted by Gasteiger charge is 2.56. The molecule has 0 bridgehead atoms. The lowest BCUT2D eigenvalue weighted by Crippen LogP contribution is -2.52. The summed E-state index contributed by atoms with van der Waals surface area (Å²) < 4.78 is 91.5. The molecule has 4 nitrogen and oxygen atoms in total. The fourth-order valence-corrected chi connectivity index (χ4v) is 4.86. The van der Waals surface area contributed by atoms with Gasteiger partial charge < -0.3 is 10.0 Å². The lowest BCUT2D eigenvalue weighted by molar-refractivity contribution is -0.156. The molecule has 4 unspecified atom stereocenters. The molecule has 0 spiro atoms. The van der Waals surface area contributed by atoms with E-state index in [0.29, 0.717) is 0 Å². The lowest BCUT2D eigenvalue weighted by Gasteiger charge is -2.41. The van der Waals surface area contributed by atoms with Gasteiger partial charge in [0.15, 0.2) is 9.84 Å². The summed E-state index contributed by atoms with van der Waals surface area (Å²) in [4.78, 5) is 0.914. The third-order valence-electron chi connectivity index (χ3n) is 5.11. The average molecular weight is 399 g/mol. The van der Waals surface area contributed by atoms with Gasteiger partial charge >= 0.3 is 0 Å². The van der Waals surface area contributed by atoms with Crippen LogP contribution >= 0.6 is 0 Å². The highest BCUT2D eigenvalue weighted by Crippen LogP contribution is 2.48. The number of hydrogen-bond acceptors (Lipinski definition) is 4. The molecule has 5 atom stereocenters. The van der Waals surface area contributed by atoms with E-state index in [2.05, 4.69) is 0 Å². The standard InChI is InChI=1S/C16H18F5NO3S/c1-26(24,25)12-7-22(8-2-3-10(17)9(6-8)15(18)19)11-4-5-16(20,21)14(23)13(11)12/h2-3,6-7,9-11,13-15,23H,4-5H2,1H3/t9?,10?,11?,13?,14-/m0/s1. The number of sulfone groups is 1. The van der Waals surface area contributed by atoms with Gasteiger partial charge in [-0.25, -0.2) is 30.4 Å². The van der Waals surface area contributed by atoms with Crippen molar-refractivity contribution in [1.29, 1.82) is 0 Å². The molecule has 146 valence electrons. The summed E-state index contributed by atoms with van der Waals surface area (Å²) >= 11 is 0. The number of allylic oxidation sites excluding steroid dienone is 3. The number of rotatable bonds is 3. The molecule has 1 saturated carbocycles. The van der Waals surface area contributed by atoms with Gasteiger partial charge in [-0.2, -0.15) is 0 Å². The number of nitrogens with zero attached hydrogens (tertiary/aromatic N) is 1. The van der Waals surface area contributed by atoms with Gasteiger partial charge in [-0.05, 0) is 24.6 Å². The van der Waals surface area contributed by atoms with E-state index in [4.69, 9.17) is 0 Å². The highest BCUT2D eigenvalue weighted by molar-refractivity contribution is 7.94. The molecule has 10 heteroatoms. The minimum atomic E-state index is -3.92. The normalized spacial score (nSPS) is 36.8. The van der Waals surface area contributed by atoms with E-state index >= 15 is 0 Å². The first kappa shape index (κ1) is 19.3. The van der Waals surface area contributed by atoms with Crippen molar-refractivity contribution in [3.05, 3.63) is 35.0 Å². The maximum atomic E-state index is 13.9. The zero-order chi connectivity index (χ0) is 19.4. The van der Waals surface area contributed by atoms with Gasteiger partial charge in [-0.3, -0.25) is 0 Å². The molecule has 0 aromatic carbocycles. The second-order valence-electron chi connectivity index (χ2n) is 6.86. The lowest BCUT2D eigenvalue weighted by atomic mass is 9.80. The Morgan fingerprint density at radius 2 is 2.00 bits per heavy atom. The molecule has 2 aliphatic carbocycles. The van der Waals surface area contributed by atoms with Crippen molar-refractivity contribution in [3.8, 4) is 0 Å². The molecule has 3 rings (SSSR count). The Balaban J connectivity index is 2.03. The molecule has 1 N–H and O–H groups in total. The van der Waals surface area contributed by atoms with Gasteiger partial charge in [0, 0.05) is 36.5 Å². The first-order chi connectivity index (χ1) is 11.9. The van der Waals surface area contributed by atoms with E-state index in [1.807, 2.05) is 0 Å². The topological polar surface area (TPSA) is 57.6 Å². The minimum absolute atomic E-state index is 0.107. The molecule has 1 heterocycles. The van der Waals surface area contributed by atoms with E-state index in [1.54, 1.807) is 0 Å². The smallest absolute Gasteiger partial charge is 0.274 e. The number of hydrogen-bond donors (Lipinski definition) is 1. The molecule has 26 heavy (non-hydrogen) atoms. The maximum Gasteiger partial charge on any atom is 0.274 e. The summed E-state index contributed by atoms with van der Waals surface area (Å²) in [6.07, 6.45) is -2.82. The van der Waals surface area contributed by atoms with Gasteiger partial charge in [0.05, 0.1) is 10.8 Å². The predicted octanol–water partition coefficient (Wildman–Crippen LogP) is 2.64. The largest absolute Gasteiger partial charge is 0.386 e. The molecule has 3 aliphatic rings. The summed E-state index contributed by atoms with van der Waals surface area (Å²) in [5, 5.41) is 10.0. The molecule has 0 aromatic heterocycles. The van der Waals surface area contributed by atoms with Gasteiger partial charge in [-0.15, -0.1) is 0 Å². The van der Waals surface area contributed by atoms with Crippen LogP contribution < -0.4 is 0 Å². The van der Waals surface area contributed by atoms with Crippen LogP contribution in [0.25, 0.3) is 0 Å². The van der Waals surface area contributed by atoms with Crippen molar-refractivity contribution >= 4 is 9.84 Å². The molecule has 0 amide bonds. The molecule has 1 aliphatic heterocycles. The number of alkyl halides is 5. The summed E-state index contributed by atoms with van der Waals surface area (Å²) in [6, 6.07) is -0.834. The van der Waals surface area contributed by atoms with E-state index in [0.717, 1.165) is 24.6 Å². The summed E-state index contributed by atoms with van der Waals surface area (Å²) in [5.74, 6) is -6.54. The maximum absolute atomic E-state index is 13.9. The van der Waals surface area contributed by atoms with E-state index in [-0.39, 0.29) is 17.0 Å². The molecule has 0 radical (unpaired) electrons. The second kappa shape index (κ2) is 6.33. The number of aliphatic hydroxyl groups is 1. The van der Waals surface area contributed by atoms with Crippen LogP contribution in [0.2, 0.25) is 0 Å². The van der Waals surface area contributed by atoms with Gasteiger partial charge in [0.25, 0.3) is 5.92 Å². The predicted molar refractivity (Wildman–Crippen MR) is 83.8 cm³/mol. The van der Waals surface area contributed by atoms with Crippen LogP contribution in [0.3, 0.4) is 0 Å². The summed E-state index contributed by atoms with van der Waals surface area (Å²) in [7, 11) is -3.92. The first-order valence-electron chi connectivity index (χ1n) is 8.02. The Hall–Kier alpha value is -1.42. The fraction of sp³-hybridized carbons (Fsp3) is 0.625. The molecular formula is C16H18F5NO3S. The van der Waals surface area contributed by atoms with Crippen LogP contribution in [0.5, 0.6) is 0 Å². The van der Waals surface area contributed by atoms with Crippen molar-refractivity contribution in [2.24, 2.45) is 11.8 Å². The Bertz CT molecular complexity index is 777. The van der Waals surface area contributed by atoms with Crippen LogP contribution in [-0.4, -0.2) is 55.3 Å². The Morgan fingerprint density at radius 3 is 2.58 bits per heavy atom. The Kier molecular flexibility index (Phi) is 4.71. The second-order valence-corrected chi connectivity index (χ2v) is 8.87. The van der Waals surface area contributed by atoms with Crippen LogP contribution in [0.4, 0.5) is 22.0 Å². The van der Waals surface area contributed by atoms with Gasteiger partial charge in [-0.1, -0.05) is 0 Å². The van der Waals surface area contributed by atoms with Crippen LogP contribution in [0, 0.1) is 11.8 Å². The molecule has 0 aromatic rings. The Morgan fingerprint density at radius 1 is 1.35 bits per heavy atom. The van der Waals surface area contributed by atoms with Crippen LogP contribution in [0.1, 0.15) is 12.8 Å². The van der Waals surface area contributed by atoms with Crippen molar-refractivity contribution in [2.45, 2.75) is 43.5 Å².